The van der Waals surface area contributed by atoms with E-state index in [1.54, 1.807) is 23.9 Å². The zero-order valence-corrected chi connectivity index (χ0v) is 18.5. The molecule has 0 saturated carbocycles. The van der Waals surface area contributed by atoms with Crippen LogP contribution in [0.3, 0.4) is 0 Å². The number of rotatable bonds is 4. The van der Waals surface area contributed by atoms with Crippen LogP contribution < -0.4 is 15.2 Å². The largest absolute Gasteiger partial charge is 0.380 e. The summed E-state index contributed by atoms with van der Waals surface area (Å²) in [6.07, 6.45) is 6.87. The molecule has 1 spiro atoms. The van der Waals surface area contributed by atoms with E-state index < -0.39 is 10.0 Å². The Hall–Kier alpha value is -2.78. The van der Waals surface area contributed by atoms with Gasteiger partial charge in [-0.2, -0.15) is 0 Å². The molecule has 2 aliphatic rings. The Balaban J connectivity index is 1.63. The Morgan fingerprint density at radius 1 is 1.13 bits per heavy atom. The Morgan fingerprint density at radius 3 is 2.52 bits per heavy atom. The van der Waals surface area contributed by atoms with E-state index in [9.17, 15) is 13.2 Å². The van der Waals surface area contributed by atoms with Gasteiger partial charge >= 0.3 is 0 Å². The van der Waals surface area contributed by atoms with Gasteiger partial charge in [0.05, 0.1) is 19.5 Å². The van der Waals surface area contributed by atoms with Gasteiger partial charge in [0.1, 0.15) is 5.52 Å². The van der Waals surface area contributed by atoms with Gasteiger partial charge in [0.15, 0.2) is 0 Å². The van der Waals surface area contributed by atoms with Crippen molar-refractivity contribution in [1.82, 2.24) is 9.55 Å². The molecular formula is C22H26N4O4S. The van der Waals surface area contributed by atoms with Gasteiger partial charge in [0.25, 0.3) is 5.56 Å². The summed E-state index contributed by atoms with van der Waals surface area (Å²) >= 11 is 0. The van der Waals surface area contributed by atoms with Crippen LogP contribution in [0.2, 0.25) is 0 Å². The molecular weight excluding hydrogens is 416 g/mol. The predicted octanol–water partition coefficient (Wildman–Crippen LogP) is 2.52. The second-order valence-electron chi connectivity index (χ2n) is 8.81. The average Bonchev–Trinajstić information content (AvgIpc) is 3.19. The van der Waals surface area contributed by atoms with Crippen LogP contribution in [0.1, 0.15) is 12.8 Å². The van der Waals surface area contributed by atoms with Gasteiger partial charge in [-0.3, -0.25) is 9.52 Å². The van der Waals surface area contributed by atoms with Crippen LogP contribution in [0.5, 0.6) is 0 Å². The van der Waals surface area contributed by atoms with Crippen molar-refractivity contribution in [3.63, 3.8) is 0 Å². The number of hydrogen-bond acceptors (Lipinski definition) is 5. The fourth-order valence-corrected chi connectivity index (χ4v) is 5.25. The standard InChI is InChI=1S/C22H26N4O4S/c1-25-12-18(16-5-8-23-20(16)21(25)27)17-11-15(24-31(2,28)29)3-4-19(17)26-9-6-22(7-10-26)13-30-14-22/h3-5,8,11-12,23-24H,6-7,9-10,13-14H2,1-2H3. The molecule has 0 bridgehead atoms. The Morgan fingerprint density at radius 2 is 1.87 bits per heavy atom. The zero-order chi connectivity index (χ0) is 21.8. The molecule has 0 aliphatic carbocycles. The van der Waals surface area contributed by atoms with Crippen LogP contribution in [0.25, 0.3) is 22.0 Å². The SMILES string of the molecule is Cn1cc(-c2cc(NS(C)(=O)=O)ccc2N2CCC3(CC2)COC3)c2cc[nH]c2c1=O. The summed E-state index contributed by atoms with van der Waals surface area (Å²) in [5, 5.41) is 0.821. The van der Waals surface area contributed by atoms with E-state index in [0.29, 0.717) is 16.6 Å². The zero-order valence-electron chi connectivity index (χ0n) is 17.6. The van der Waals surface area contributed by atoms with Gasteiger partial charge in [-0.15, -0.1) is 0 Å². The topological polar surface area (TPSA) is 96.4 Å². The number of hydrogen-bond donors (Lipinski definition) is 2. The molecule has 0 radical (unpaired) electrons. The maximum Gasteiger partial charge on any atom is 0.274 e. The minimum atomic E-state index is -3.41. The third-order valence-corrected chi connectivity index (χ3v) is 7.07. The third-order valence-electron chi connectivity index (χ3n) is 6.47. The Bertz CT molecular complexity index is 1310. The van der Waals surface area contributed by atoms with Crippen LogP contribution >= 0.6 is 0 Å². The number of aromatic amines is 1. The molecule has 4 heterocycles. The molecule has 9 heteroatoms. The summed E-state index contributed by atoms with van der Waals surface area (Å²) in [5.74, 6) is 0. The van der Waals surface area contributed by atoms with Crippen LogP contribution in [0, 0.1) is 5.41 Å². The number of sulfonamides is 1. The highest BCUT2D eigenvalue weighted by molar-refractivity contribution is 7.92. The molecule has 2 aromatic heterocycles. The second-order valence-corrected chi connectivity index (χ2v) is 10.6. The molecule has 2 N–H and O–H groups in total. The Kier molecular flexibility index (Phi) is 4.63. The number of aryl methyl sites for hydroxylation is 1. The number of anilines is 2. The van der Waals surface area contributed by atoms with E-state index in [-0.39, 0.29) is 5.56 Å². The minimum Gasteiger partial charge on any atom is -0.380 e. The lowest BCUT2D eigenvalue weighted by Gasteiger charge is -2.48. The van der Waals surface area contributed by atoms with Gasteiger partial charge in [-0.05, 0) is 37.1 Å². The van der Waals surface area contributed by atoms with E-state index in [1.165, 1.54) is 0 Å². The number of nitrogens with zero attached hydrogens (tertiary/aromatic N) is 2. The highest BCUT2D eigenvalue weighted by atomic mass is 32.2. The molecule has 164 valence electrons. The van der Waals surface area contributed by atoms with E-state index in [4.69, 9.17) is 4.74 Å². The van der Waals surface area contributed by atoms with Crippen molar-refractivity contribution in [2.75, 3.05) is 42.2 Å². The van der Waals surface area contributed by atoms with Crippen molar-refractivity contribution in [2.24, 2.45) is 12.5 Å². The first-order valence-corrected chi connectivity index (χ1v) is 12.3. The van der Waals surface area contributed by atoms with Gasteiger partial charge in [-0.1, -0.05) is 0 Å². The Labute approximate surface area is 180 Å². The molecule has 2 aliphatic heterocycles. The van der Waals surface area contributed by atoms with Crippen LogP contribution in [0.4, 0.5) is 11.4 Å². The molecule has 5 rings (SSSR count). The number of piperidine rings is 1. The van der Waals surface area contributed by atoms with Crippen molar-refractivity contribution in [1.29, 1.82) is 0 Å². The highest BCUT2D eigenvalue weighted by Crippen LogP contribution is 2.43. The number of benzene rings is 1. The van der Waals surface area contributed by atoms with Gasteiger partial charge in [0.2, 0.25) is 10.0 Å². The van der Waals surface area contributed by atoms with Crippen LogP contribution in [-0.2, 0) is 21.8 Å². The summed E-state index contributed by atoms with van der Waals surface area (Å²) in [6.45, 7) is 3.51. The number of aromatic nitrogens is 2. The van der Waals surface area contributed by atoms with E-state index in [1.807, 2.05) is 24.4 Å². The van der Waals surface area contributed by atoms with Gasteiger partial charge < -0.3 is 19.2 Å². The highest BCUT2D eigenvalue weighted by Gasteiger charge is 2.41. The third kappa shape index (κ3) is 3.61. The van der Waals surface area contributed by atoms with Gasteiger partial charge in [0, 0.05) is 65.8 Å². The number of pyridine rings is 1. The van der Waals surface area contributed by atoms with E-state index in [0.717, 1.165) is 67.6 Å². The first-order chi connectivity index (χ1) is 14.7. The van der Waals surface area contributed by atoms with Crippen molar-refractivity contribution in [2.45, 2.75) is 12.8 Å². The summed E-state index contributed by atoms with van der Waals surface area (Å²) in [5.41, 5.74) is 4.08. The lowest BCUT2D eigenvalue weighted by molar-refractivity contribution is -0.124. The summed E-state index contributed by atoms with van der Waals surface area (Å²) in [4.78, 5) is 17.9. The number of ether oxygens (including phenoxy) is 1. The fraction of sp³-hybridized carbons (Fsp3) is 0.409. The van der Waals surface area contributed by atoms with Crippen molar-refractivity contribution in [3.8, 4) is 11.1 Å². The van der Waals surface area contributed by atoms with E-state index >= 15 is 0 Å². The van der Waals surface area contributed by atoms with E-state index in [2.05, 4.69) is 14.6 Å². The molecule has 2 saturated heterocycles. The smallest absolute Gasteiger partial charge is 0.274 e. The van der Waals surface area contributed by atoms with Gasteiger partial charge in [-0.25, -0.2) is 8.42 Å². The molecule has 0 unspecified atom stereocenters. The monoisotopic (exact) mass is 442 g/mol. The van der Waals surface area contributed by atoms with Crippen molar-refractivity contribution < 1.29 is 13.2 Å². The maximum absolute atomic E-state index is 12.5. The summed E-state index contributed by atoms with van der Waals surface area (Å²) in [7, 11) is -1.68. The van der Waals surface area contributed by atoms with Crippen LogP contribution in [-0.4, -0.2) is 50.5 Å². The lowest BCUT2D eigenvalue weighted by atomic mass is 9.76. The molecule has 8 nitrogen and oxygen atoms in total. The maximum atomic E-state index is 12.5. The van der Waals surface area contributed by atoms with Crippen molar-refractivity contribution >= 4 is 32.3 Å². The minimum absolute atomic E-state index is 0.0967. The predicted molar refractivity (Wildman–Crippen MR) is 122 cm³/mol. The molecule has 3 aromatic rings. The summed E-state index contributed by atoms with van der Waals surface area (Å²) in [6, 6.07) is 7.53. The second kappa shape index (κ2) is 7.13. The molecule has 31 heavy (non-hydrogen) atoms. The number of nitrogens with one attached hydrogen (secondary N) is 2. The first-order valence-electron chi connectivity index (χ1n) is 10.4. The quantitative estimate of drug-likeness (QED) is 0.647. The molecule has 1 aromatic carbocycles. The average molecular weight is 443 g/mol. The molecule has 0 amide bonds. The lowest BCUT2D eigenvalue weighted by Crippen LogP contribution is -2.51. The number of H-pyrrole nitrogens is 1. The molecule has 2 fully saturated rings. The van der Waals surface area contributed by atoms with Crippen molar-refractivity contribution in [3.05, 3.63) is 47.0 Å². The summed E-state index contributed by atoms with van der Waals surface area (Å²) < 4.78 is 33.3. The van der Waals surface area contributed by atoms with Crippen LogP contribution in [0.15, 0.2) is 41.5 Å². The fourth-order valence-electron chi connectivity index (χ4n) is 4.69. The normalized spacial score (nSPS) is 18.3. The first kappa shape index (κ1) is 20.1. The molecule has 0 atom stereocenters. The number of fused-ring (bicyclic) bond motifs is 1.